The molecule has 2 aromatic rings. The quantitative estimate of drug-likeness (QED) is 0.0541. The topological polar surface area (TPSA) is 324 Å². The molecule has 306 valence electrons. The number of phenolic OH excluding ortho intramolecular Hbond substituents is 4. The zero-order valence-corrected chi connectivity index (χ0v) is 29.2. The standard InChI is InChI=1S/C35H46O20/c1-14-24(42)26(44)29(47)35(51-14)55-32-30(48)34(49-9-8-16-3-6-18(38)20(40)11-16)53-22(13-50-33-28(46)27(45)25(43)21(12-36)52-33)31(32)54-23(41)7-4-15-2-5-17(37)19(39)10-15/h2-7,10-11,14,21-22,24-40,42-48H,8-9,12-13H2,1H3/b7-4+/t14-,21+,22+,24-,25+,26+,27-,28+,29+,30+,31+,32+,33+,34?,35-/m0/s1. The van der Waals surface area contributed by atoms with Crippen molar-refractivity contribution in [2.45, 2.75) is 105 Å². The van der Waals surface area contributed by atoms with Crippen LogP contribution in [-0.2, 0) is 44.4 Å². The molecule has 0 spiro atoms. The first-order chi connectivity index (χ1) is 26.1. The van der Waals surface area contributed by atoms with Crippen LogP contribution in [0.25, 0.3) is 6.08 Å². The third kappa shape index (κ3) is 10.0. The van der Waals surface area contributed by atoms with E-state index in [0.29, 0.717) is 5.56 Å². The second kappa shape index (κ2) is 18.5. The predicted molar refractivity (Wildman–Crippen MR) is 180 cm³/mol. The zero-order chi connectivity index (χ0) is 40.1. The van der Waals surface area contributed by atoms with Crippen LogP contribution >= 0.6 is 0 Å². The summed E-state index contributed by atoms with van der Waals surface area (Å²) in [6.07, 6.45) is -22.6. The maximum Gasteiger partial charge on any atom is 0.331 e. The molecule has 0 amide bonds. The molecular formula is C35H46O20. The smallest absolute Gasteiger partial charge is 0.331 e. The fraction of sp³-hybridized carbons (Fsp3) is 0.571. The van der Waals surface area contributed by atoms with Gasteiger partial charge < -0.3 is 94.4 Å². The number of phenols is 4. The second-order valence-electron chi connectivity index (χ2n) is 13.3. The van der Waals surface area contributed by atoms with Gasteiger partial charge in [-0.3, -0.25) is 0 Å². The molecule has 20 heteroatoms. The number of aliphatic hydroxyl groups excluding tert-OH is 8. The number of hydrogen-bond acceptors (Lipinski definition) is 20. The van der Waals surface area contributed by atoms with E-state index < -0.39 is 123 Å². The highest BCUT2D eigenvalue weighted by Crippen LogP contribution is 2.33. The summed E-state index contributed by atoms with van der Waals surface area (Å²) in [6, 6.07) is 7.75. The molecular weight excluding hydrogens is 740 g/mol. The normalized spacial score (nSPS) is 36.9. The number of aromatic hydroxyl groups is 4. The van der Waals surface area contributed by atoms with Crippen LogP contribution in [0.1, 0.15) is 18.1 Å². The first kappa shape index (κ1) is 42.4. The summed E-state index contributed by atoms with van der Waals surface area (Å²) in [4.78, 5) is 13.3. The Kier molecular flexibility index (Phi) is 14.3. The van der Waals surface area contributed by atoms with Gasteiger partial charge in [0.25, 0.3) is 0 Å². The Labute approximate surface area is 313 Å². The second-order valence-corrected chi connectivity index (χ2v) is 13.3. The van der Waals surface area contributed by atoms with E-state index in [0.717, 1.165) is 12.1 Å². The Bertz CT molecular complexity index is 1610. The summed E-state index contributed by atoms with van der Waals surface area (Å²) in [5.74, 6) is -2.71. The molecule has 0 saturated carbocycles. The Morgan fingerprint density at radius 2 is 1.29 bits per heavy atom. The molecule has 0 radical (unpaired) electrons. The molecule has 0 bridgehead atoms. The van der Waals surface area contributed by atoms with Gasteiger partial charge in [-0.15, -0.1) is 0 Å². The maximum absolute atomic E-state index is 13.3. The highest BCUT2D eigenvalue weighted by atomic mass is 16.8. The van der Waals surface area contributed by atoms with Gasteiger partial charge in [0.05, 0.1) is 25.9 Å². The molecule has 3 aliphatic heterocycles. The third-order valence-electron chi connectivity index (χ3n) is 9.36. The fourth-order valence-electron chi connectivity index (χ4n) is 6.14. The van der Waals surface area contributed by atoms with Gasteiger partial charge in [0.15, 0.2) is 48.0 Å². The Balaban J connectivity index is 1.43. The molecule has 0 aromatic heterocycles. The van der Waals surface area contributed by atoms with Crippen molar-refractivity contribution in [1.29, 1.82) is 0 Å². The van der Waals surface area contributed by atoms with Crippen LogP contribution in [0.3, 0.4) is 0 Å². The van der Waals surface area contributed by atoms with Crippen molar-refractivity contribution in [3.63, 3.8) is 0 Å². The van der Waals surface area contributed by atoms with Crippen molar-refractivity contribution in [3.05, 3.63) is 53.6 Å². The van der Waals surface area contributed by atoms with Crippen molar-refractivity contribution in [2.24, 2.45) is 0 Å². The molecule has 3 heterocycles. The molecule has 2 aromatic carbocycles. The minimum Gasteiger partial charge on any atom is -0.504 e. The van der Waals surface area contributed by atoms with Crippen LogP contribution in [0, 0.1) is 0 Å². The van der Waals surface area contributed by atoms with Gasteiger partial charge in [-0.1, -0.05) is 12.1 Å². The van der Waals surface area contributed by atoms with E-state index in [-0.39, 0.29) is 30.1 Å². The number of esters is 1. The van der Waals surface area contributed by atoms with Gasteiger partial charge in [-0.2, -0.15) is 0 Å². The van der Waals surface area contributed by atoms with Crippen molar-refractivity contribution in [1.82, 2.24) is 0 Å². The number of ether oxygens (including phenoxy) is 7. The van der Waals surface area contributed by atoms with E-state index in [9.17, 15) is 66.1 Å². The lowest BCUT2D eigenvalue weighted by Crippen LogP contribution is -2.65. The first-order valence-electron chi connectivity index (χ1n) is 17.2. The summed E-state index contributed by atoms with van der Waals surface area (Å²) in [5.41, 5.74) is 0.773. The average Bonchev–Trinajstić information content (AvgIpc) is 3.16. The number of carbonyl (C=O) groups is 1. The highest BCUT2D eigenvalue weighted by molar-refractivity contribution is 5.87. The molecule has 3 aliphatic rings. The number of rotatable bonds is 13. The monoisotopic (exact) mass is 786 g/mol. The largest absolute Gasteiger partial charge is 0.504 e. The van der Waals surface area contributed by atoms with E-state index in [1.54, 1.807) is 0 Å². The van der Waals surface area contributed by atoms with E-state index in [1.807, 2.05) is 0 Å². The first-order valence-corrected chi connectivity index (χ1v) is 17.2. The summed E-state index contributed by atoms with van der Waals surface area (Å²) >= 11 is 0. The van der Waals surface area contributed by atoms with Gasteiger partial charge in [0, 0.05) is 6.08 Å². The molecule has 15 atom stereocenters. The van der Waals surface area contributed by atoms with Crippen LogP contribution in [0.5, 0.6) is 23.0 Å². The predicted octanol–water partition coefficient (Wildman–Crippen LogP) is -3.19. The molecule has 55 heavy (non-hydrogen) atoms. The van der Waals surface area contributed by atoms with Crippen molar-refractivity contribution >= 4 is 12.0 Å². The Morgan fingerprint density at radius 3 is 1.96 bits per heavy atom. The van der Waals surface area contributed by atoms with Gasteiger partial charge in [0.2, 0.25) is 0 Å². The summed E-state index contributed by atoms with van der Waals surface area (Å²) < 4.78 is 40.2. The minimum atomic E-state index is -1.88. The fourth-order valence-corrected chi connectivity index (χ4v) is 6.14. The molecule has 3 saturated heterocycles. The highest BCUT2D eigenvalue weighted by Gasteiger charge is 2.53. The number of carbonyl (C=O) groups excluding carboxylic acids is 1. The van der Waals surface area contributed by atoms with Crippen molar-refractivity contribution in [2.75, 3.05) is 19.8 Å². The van der Waals surface area contributed by atoms with Crippen LogP contribution in [-0.4, -0.2) is 179 Å². The number of hydrogen-bond donors (Lipinski definition) is 12. The Morgan fingerprint density at radius 1 is 0.673 bits per heavy atom. The summed E-state index contributed by atoms with van der Waals surface area (Å²) in [7, 11) is 0. The lowest BCUT2D eigenvalue weighted by atomic mass is 9.96. The van der Waals surface area contributed by atoms with Gasteiger partial charge in [-0.25, -0.2) is 4.79 Å². The molecule has 0 aliphatic carbocycles. The van der Waals surface area contributed by atoms with E-state index in [2.05, 4.69) is 0 Å². The lowest BCUT2D eigenvalue weighted by Gasteiger charge is -2.47. The van der Waals surface area contributed by atoms with Crippen LogP contribution in [0.4, 0.5) is 0 Å². The number of benzene rings is 2. The summed E-state index contributed by atoms with van der Waals surface area (Å²) in [6.45, 7) is -0.254. The zero-order valence-electron chi connectivity index (χ0n) is 29.2. The van der Waals surface area contributed by atoms with E-state index in [1.165, 1.54) is 43.3 Å². The van der Waals surface area contributed by atoms with E-state index >= 15 is 0 Å². The van der Waals surface area contributed by atoms with Gasteiger partial charge in [-0.05, 0) is 54.8 Å². The van der Waals surface area contributed by atoms with Gasteiger partial charge >= 0.3 is 5.97 Å². The van der Waals surface area contributed by atoms with E-state index in [4.69, 9.17) is 33.2 Å². The van der Waals surface area contributed by atoms with Crippen molar-refractivity contribution in [3.8, 4) is 23.0 Å². The lowest BCUT2D eigenvalue weighted by molar-refractivity contribution is -0.364. The maximum atomic E-state index is 13.3. The number of aliphatic hydroxyl groups is 8. The molecule has 20 nitrogen and oxygen atoms in total. The van der Waals surface area contributed by atoms with Crippen LogP contribution < -0.4 is 0 Å². The molecule has 5 rings (SSSR count). The SMILES string of the molecule is C[C@@H]1O[C@@H](O[C@H]2[C@H](OC(=O)/C=C/c3ccc(O)c(O)c3)[C@@H](CO[C@@H]3O[C@H](CO)[C@@H](O)[C@H](O)[C@H]3O)OC(OCCc3ccc(O)c(O)c3)[C@@H]2O)[C@H](O)[C@H](O)[C@H]1O. The summed E-state index contributed by atoms with van der Waals surface area (Å²) in [5, 5.41) is 123. The molecule has 12 N–H and O–H groups in total. The third-order valence-corrected chi connectivity index (χ3v) is 9.36. The molecule has 3 fully saturated rings. The Hall–Kier alpha value is -3.71. The minimum absolute atomic E-state index is 0.111. The average molecular weight is 787 g/mol. The van der Waals surface area contributed by atoms with Crippen molar-refractivity contribution < 1.29 is 99.2 Å². The van der Waals surface area contributed by atoms with Gasteiger partial charge in [0.1, 0.15) is 61.0 Å². The van der Waals surface area contributed by atoms with Crippen LogP contribution in [0.2, 0.25) is 0 Å². The van der Waals surface area contributed by atoms with Crippen LogP contribution in [0.15, 0.2) is 42.5 Å². The molecule has 1 unspecified atom stereocenters.